The number of rotatable bonds is 6. The highest BCUT2D eigenvalue weighted by molar-refractivity contribution is 5.74. The number of amides is 2. The minimum Gasteiger partial charge on any atom is -0.496 e. The third-order valence-corrected chi connectivity index (χ3v) is 5.99. The summed E-state index contributed by atoms with van der Waals surface area (Å²) in [6.07, 6.45) is 2.94. The fourth-order valence-corrected chi connectivity index (χ4v) is 4.19. The van der Waals surface area contributed by atoms with Gasteiger partial charge in [0.1, 0.15) is 5.75 Å². The predicted molar refractivity (Wildman–Crippen MR) is 106 cm³/mol. The summed E-state index contributed by atoms with van der Waals surface area (Å²) in [7, 11) is 1.68. The molecule has 150 valence electrons. The van der Waals surface area contributed by atoms with Crippen LogP contribution < -0.4 is 10.1 Å². The lowest BCUT2D eigenvalue weighted by Crippen LogP contribution is -2.50. The number of methoxy groups -OCH3 is 1. The van der Waals surface area contributed by atoms with Gasteiger partial charge in [-0.1, -0.05) is 18.2 Å². The molecule has 1 N–H and O–H groups in total. The number of para-hydroxylation sites is 1. The maximum atomic E-state index is 12.5. The number of morpholine rings is 1. The molecule has 2 saturated heterocycles. The van der Waals surface area contributed by atoms with Crippen LogP contribution in [0.15, 0.2) is 24.3 Å². The number of hydrogen-bond donors (Lipinski definition) is 1. The Hall–Kier alpha value is -1.79. The Morgan fingerprint density at radius 2 is 1.93 bits per heavy atom. The second kappa shape index (κ2) is 9.95. The fraction of sp³-hybridized carbons (Fsp3) is 0.667. The number of carbonyl (C=O) groups excluding carboxylic acids is 1. The molecule has 0 bridgehead atoms. The van der Waals surface area contributed by atoms with Gasteiger partial charge >= 0.3 is 6.03 Å². The molecule has 0 saturated carbocycles. The second-order valence-electron chi connectivity index (χ2n) is 7.51. The molecule has 27 heavy (non-hydrogen) atoms. The zero-order chi connectivity index (χ0) is 19.1. The highest BCUT2D eigenvalue weighted by atomic mass is 16.5. The van der Waals surface area contributed by atoms with Crippen LogP contribution in [0.3, 0.4) is 0 Å². The standard InChI is InChI=1S/C21H33N3O3/c1-17(23-13-15-27-16-14-23)18-8-11-24(12-9-18)21(25)22-10-7-19-5-3-4-6-20(19)26-2/h3-6,17-18H,7-16H2,1-2H3,(H,22,25). The molecule has 2 fully saturated rings. The average Bonchev–Trinajstić information content (AvgIpc) is 2.74. The fourth-order valence-electron chi connectivity index (χ4n) is 4.19. The van der Waals surface area contributed by atoms with Crippen molar-refractivity contribution in [1.82, 2.24) is 15.1 Å². The minimum atomic E-state index is 0.0578. The van der Waals surface area contributed by atoms with E-state index in [1.54, 1.807) is 7.11 Å². The summed E-state index contributed by atoms with van der Waals surface area (Å²) < 4.78 is 10.8. The minimum absolute atomic E-state index is 0.0578. The largest absolute Gasteiger partial charge is 0.496 e. The van der Waals surface area contributed by atoms with Crippen LogP contribution in [-0.2, 0) is 11.2 Å². The SMILES string of the molecule is COc1ccccc1CCNC(=O)N1CCC(C(C)N2CCOCC2)CC1. The van der Waals surface area contributed by atoms with E-state index in [9.17, 15) is 4.79 Å². The van der Waals surface area contributed by atoms with Gasteiger partial charge in [0, 0.05) is 38.8 Å². The van der Waals surface area contributed by atoms with Crippen LogP contribution in [0.1, 0.15) is 25.3 Å². The highest BCUT2D eigenvalue weighted by Gasteiger charge is 2.29. The van der Waals surface area contributed by atoms with Crippen LogP contribution >= 0.6 is 0 Å². The summed E-state index contributed by atoms with van der Waals surface area (Å²) in [4.78, 5) is 17.0. The maximum Gasteiger partial charge on any atom is 0.317 e. The molecule has 2 aliphatic rings. The zero-order valence-corrected chi connectivity index (χ0v) is 16.7. The highest BCUT2D eigenvalue weighted by Crippen LogP contribution is 2.24. The Labute approximate surface area is 162 Å². The summed E-state index contributed by atoms with van der Waals surface area (Å²) in [5.74, 6) is 1.55. The van der Waals surface area contributed by atoms with E-state index in [0.717, 1.165) is 70.0 Å². The Morgan fingerprint density at radius 3 is 2.63 bits per heavy atom. The summed E-state index contributed by atoms with van der Waals surface area (Å²) in [6, 6.07) is 8.59. The average molecular weight is 376 g/mol. The molecule has 0 radical (unpaired) electrons. The smallest absolute Gasteiger partial charge is 0.317 e. The molecule has 0 spiro atoms. The van der Waals surface area contributed by atoms with E-state index in [1.165, 1.54) is 0 Å². The number of piperidine rings is 1. The van der Waals surface area contributed by atoms with Gasteiger partial charge in [0.15, 0.2) is 0 Å². The van der Waals surface area contributed by atoms with E-state index in [1.807, 2.05) is 29.2 Å². The van der Waals surface area contributed by atoms with Crippen molar-refractivity contribution in [1.29, 1.82) is 0 Å². The van der Waals surface area contributed by atoms with Gasteiger partial charge in [0.25, 0.3) is 0 Å². The molecule has 2 amide bonds. The summed E-state index contributed by atoms with van der Waals surface area (Å²) in [5, 5.41) is 3.06. The Balaban J connectivity index is 1.39. The molecule has 1 aromatic rings. The van der Waals surface area contributed by atoms with Gasteiger partial charge < -0.3 is 19.7 Å². The molecule has 1 atom stereocenters. The lowest BCUT2D eigenvalue weighted by Gasteiger charge is -2.41. The van der Waals surface area contributed by atoms with Crippen molar-refractivity contribution in [2.45, 2.75) is 32.2 Å². The summed E-state index contributed by atoms with van der Waals surface area (Å²) in [5.41, 5.74) is 1.12. The second-order valence-corrected chi connectivity index (χ2v) is 7.51. The first-order valence-corrected chi connectivity index (χ1v) is 10.2. The number of urea groups is 1. The van der Waals surface area contributed by atoms with Crippen molar-refractivity contribution < 1.29 is 14.3 Å². The van der Waals surface area contributed by atoms with Gasteiger partial charge in [-0.3, -0.25) is 4.90 Å². The third-order valence-electron chi connectivity index (χ3n) is 5.99. The van der Waals surface area contributed by atoms with Crippen molar-refractivity contribution in [3.63, 3.8) is 0 Å². The molecule has 2 heterocycles. The number of hydrogen-bond acceptors (Lipinski definition) is 4. The molecule has 3 rings (SSSR count). The molecule has 6 nitrogen and oxygen atoms in total. The van der Waals surface area contributed by atoms with Crippen LogP contribution in [0.2, 0.25) is 0 Å². The van der Waals surface area contributed by atoms with Crippen LogP contribution in [-0.4, -0.2) is 74.9 Å². The molecule has 1 aromatic carbocycles. The number of carbonyl (C=O) groups is 1. The molecular formula is C21H33N3O3. The quantitative estimate of drug-likeness (QED) is 0.829. The number of ether oxygens (including phenoxy) is 2. The van der Waals surface area contributed by atoms with Gasteiger partial charge in [-0.15, -0.1) is 0 Å². The molecule has 1 unspecified atom stereocenters. The van der Waals surface area contributed by atoms with Gasteiger partial charge in [-0.25, -0.2) is 4.79 Å². The summed E-state index contributed by atoms with van der Waals surface area (Å²) in [6.45, 7) is 8.41. The Bertz CT molecular complexity index is 596. The van der Waals surface area contributed by atoms with E-state index >= 15 is 0 Å². The van der Waals surface area contributed by atoms with E-state index < -0.39 is 0 Å². The Morgan fingerprint density at radius 1 is 1.22 bits per heavy atom. The first kappa shape index (κ1) is 20.0. The summed E-state index contributed by atoms with van der Waals surface area (Å²) >= 11 is 0. The van der Waals surface area contributed by atoms with Crippen molar-refractivity contribution in [2.75, 3.05) is 53.0 Å². The van der Waals surface area contributed by atoms with E-state index in [2.05, 4.69) is 17.1 Å². The van der Waals surface area contributed by atoms with Crippen LogP contribution in [0.25, 0.3) is 0 Å². The van der Waals surface area contributed by atoms with E-state index in [-0.39, 0.29) is 6.03 Å². The van der Waals surface area contributed by atoms with Gasteiger partial charge in [-0.2, -0.15) is 0 Å². The topological polar surface area (TPSA) is 54.0 Å². The Kier molecular flexibility index (Phi) is 7.35. The normalized spacial score (nSPS) is 20.3. The molecular weight excluding hydrogens is 342 g/mol. The first-order chi connectivity index (χ1) is 13.2. The number of nitrogens with one attached hydrogen (secondary N) is 1. The predicted octanol–water partition coefficient (Wildman–Crippen LogP) is 2.38. The van der Waals surface area contributed by atoms with Gasteiger partial charge in [0.05, 0.1) is 20.3 Å². The number of likely N-dealkylation sites (tertiary alicyclic amines) is 1. The molecule has 6 heteroatoms. The lowest BCUT2D eigenvalue weighted by molar-refractivity contribution is 0.000258. The van der Waals surface area contributed by atoms with E-state index in [4.69, 9.17) is 9.47 Å². The molecule has 2 aliphatic heterocycles. The number of nitrogens with zero attached hydrogens (tertiary/aromatic N) is 2. The molecule has 0 aliphatic carbocycles. The van der Waals surface area contributed by atoms with Crippen LogP contribution in [0.4, 0.5) is 4.79 Å². The van der Waals surface area contributed by atoms with Crippen molar-refractivity contribution in [2.24, 2.45) is 5.92 Å². The molecule has 0 aromatic heterocycles. The maximum absolute atomic E-state index is 12.5. The van der Waals surface area contributed by atoms with Crippen molar-refractivity contribution in [3.8, 4) is 5.75 Å². The monoisotopic (exact) mass is 375 g/mol. The zero-order valence-electron chi connectivity index (χ0n) is 16.7. The third kappa shape index (κ3) is 5.36. The number of benzene rings is 1. The van der Waals surface area contributed by atoms with Crippen molar-refractivity contribution >= 4 is 6.03 Å². The lowest BCUT2D eigenvalue weighted by atomic mass is 9.89. The van der Waals surface area contributed by atoms with E-state index in [0.29, 0.717) is 18.5 Å². The van der Waals surface area contributed by atoms with Gasteiger partial charge in [-0.05, 0) is 43.7 Å². The van der Waals surface area contributed by atoms with Crippen LogP contribution in [0, 0.1) is 5.92 Å². The van der Waals surface area contributed by atoms with Crippen LogP contribution in [0.5, 0.6) is 5.75 Å². The first-order valence-electron chi connectivity index (χ1n) is 10.2. The van der Waals surface area contributed by atoms with Crippen molar-refractivity contribution in [3.05, 3.63) is 29.8 Å². The van der Waals surface area contributed by atoms with Gasteiger partial charge in [0.2, 0.25) is 0 Å².